The van der Waals surface area contributed by atoms with Crippen molar-refractivity contribution >= 4 is 20.8 Å². The number of fused-ring (bicyclic) bond motifs is 5. The molecule has 0 amide bonds. The van der Waals surface area contributed by atoms with E-state index < -0.39 is 75.2 Å². The van der Waals surface area contributed by atoms with Gasteiger partial charge in [-0.2, -0.15) is 0 Å². The first-order valence-corrected chi connectivity index (χ1v) is 17.3. The SMILES string of the molecule is C[C@@H](O)[C@H]1CC[C@H]2[C@@H]3C[C@H](O[C@@H]4O[C@H](C)[C@@H](OS(=O)(=O)[O-])[C@H](O)[C@H]4O)[C@H]4C[C@@H](OS(=O)(=O)[O-])CC[C@]4(C)C3=CC[C@]12C. The molecule has 13 nitrogen and oxygen atoms in total. The van der Waals surface area contributed by atoms with E-state index in [0.29, 0.717) is 19.3 Å². The average Bonchev–Trinajstić information content (AvgIpc) is 3.22. The fourth-order valence-corrected chi connectivity index (χ4v) is 10.4. The largest absolute Gasteiger partial charge is 0.726 e. The van der Waals surface area contributed by atoms with E-state index in [1.807, 2.05) is 6.92 Å². The third kappa shape index (κ3) is 5.96. The van der Waals surface area contributed by atoms with Crippen molar-refractivity contribution in [2.75, 3.05) is 0 Å². The molecule has 0 aromatic carbocycles. The molecule has 0 aromatic heterocycles. The molecule has 42 heavy (non-hydrogen) atoms. The van der Waals surface area contributed by atoms with Crippen LogP contribution in [0.5, 0.6) is 0 Å². The molecule has 1 aliphatic heterocycles. The van der Waals surface area contributed by atoms with Crippen LogP contribution in [-0.2, 0) is 38.6 Å². The molecule has 1 saturated heterocycles. The first-order valence-electron chi connectivity index (χ1n) is 14.7. The highest BCUT2D eigenvalue weighted by molar-refractivity contribution is 7.81. The molecule has 0 unspecified atom stereocenters. The van der Waals surface area contributed by atoms with Gasteiger partial charge in [-0.25, -0.2) is 16.8 Å². The smallest absolute Gasteiger partial charge is 0.218 e. The van der Waals surface area contributed by atoms with E-state index in [2.05, 4.69) is 24.1 Å². The number of hydrogen-bond donors (Lipinski definition) is 3. The molecule has 15 heteroatoms. The summed E-state index contributed by atoms with van der Waals surface area (Å²) in [5, 5.41) is 32.1. The second kappa shape index (κ2) is 11.3. The normalized spacial score (nSPS) is 48.5. The van der Waals surface area contributed by atoms with Crippen LogP contribution in [0.1, 0.15) is 72.6 Å². The zero-order valence-corrected chi connectivity index (χ0v) is 25.8. The van der Waals surface area contributed by atoms with Gasteiger partial charge in [-0.15, -0.1) is 0 Å². The van der Waals surface area contributed by atoms with Gasteiger partial charge >= 0.3 is 0 Å². The van der Waals surface area contributed by atoms with Gasteiger partial charge in [0.15, 0.2) is 6.29 Å². The first kappa shape index (κ1) is 32.7. The Morgan fingerprint density at radius 3 is 2.29 bits per heavy atom. The molecule has 4 fully saturated rings. The zero-order chi connectivity index (χ0) is 31.0. The topological polar surface area (TPSA) is 212 Å². The average molecular weight is 639 g/mol. The number of allylic oxidation sites excluding steroid dienone is 2. The van der Waals surface area contributed by atoms with Gasteiger partial charge in [0.25, 0.3) is 0 Å². The van der Waals surface area contributed by atoms with Crippen LogP contribution in [0.4, 0.5) is 0 Å². The highest BCUT2D eigenvalue weighted by Crippen LogP contribution is 2.66. The molecule has 3 saturated carbocycles. The van der Waals surface area contributed by atoms with Crippen molar-refractivity contribution in [3.05, 3.63) is 11.6 Å². The maximum Gasteiger partial charge on any atom is 0.218 e. The van der Waals surface area contributed by atoms with E-state index in [9.17, 15) is 41.3 Å². The number of ether oxygens (including phenoxy) is 2. The van der Waals surface area contributed by atoms with E-state index in [1.165, 1.54) is 12.5 Å². The fourth-order valence-electron chi connectivity index (χ4n) is 9.30. The van der Waals surface area contributed by atoms with Gasteiger partial charge in [0.05, 0.1) is 24.4 Å². The van der Waals surface area contributed by atoms with Crippen LogP contribution in [0.25, 0.3) is 0 Å². The Morgan fingerprint density at radius 2 is 1.67 bits per heavy atom. The molecular formula is C27H42O13S2-2. The lowest BCUT2D eigenvalue weighted by Crippen LogP contribution is -2.61. The summed E-state index contributed by atoms with van der Waals surface area (Å²) in [6.07, 6.45) is -3.20. The molecule has 5 rings (SSSR count). The molecule has 0 aromatic rings. The van der Waals surface area contributed by atoms with Crippen molar-refractivity contribution in [2.45, 2.75) is 122 Å². The maximum absolute atomic E-state index is 11.5. The highest BCUT2D eigenvalue weighted by Gasteiger charge is 2.61. The number of rotatable bonds is 7. The lowest BCUT2D eigenvalue weighted by molar-refractivity contribution is -0.312. The summed E-state index contributed by atoms with van der Waals surface area (Å²) < 4.78 is 89.4. The van der Waals surface area contributed by atoms with Crippen molar-refractivity contribution in [1.29, 1.82) is 0 Å². The Hall–Kier alpha value is -0.720. The standard InChI is InChI=1S/C27H44O13S2/c1-13(28)17-5-6-18-16-12-21(38-25-23(30)22(29)24(14(2)37-25)40-42(34,35)36)20-11-15(39-41(31,32)33)7-9-27(20,4)19(16)8-10-26(17,18)3/h8,13-18,20-25,28-30H,5-7,9-12H2,1-4H3,(H,31,32,33)(H,34,35,36)/p-2/t13-,14-,15+,16+,17-,18+,20-,21+,22-,23-,24-,25+,26-,27-/m1/s1. The minimum Gasteiger partial charge on any atom is -0.726 e. The molecule has 1 heterocycles. The van der Waals surface area contributed by atoms with Crippen LogP contribution >= 0.6 is 0 Å². The lowest BCUT2D eigenvalue weighted by atomic mass is 9.48. The lowest BCUT2D eigenvalue weighted by Gasteiger charge is -2.59. The van der Waals surface area contributed by atoms with Crippen molar-refractivity contribution in [3.8, 4) is 0 Å². The van der Waals surface area contributed by atoms with Crippen LogP contribution < -0.4 is 0 Å². The highest BCUT2D eigenvalue weighted by atomic mass is 32.3. The van der Waals surface area contributed by atoms with Crippen molar-refractivity contribution in [3.63, 3.8) is 0 Å². The van der Waals surface area contributed by atoms with Crippen LogP contribution in [0.15, 0.2) is 11.6 Å². The van der Waals surface area contributed by atoms with Gasteiger partial charge in [-0.3, -0.25) is 8.37 Å². The van der Waals surface area contributed by atoms with Crippen molar-refractivity contribution in [1.82, 2.24) is 0 Å². The van der Waals surface area contributed by atoms with E-state index in [4.69, 9.17) is 13.7 Å². The monoisotopic (exact) mass is 638 g/mol. The first-order chi connectivity index (χ1) is 19.3. The van der Waals surface area contributed by atoms with E-state index in [0.717, 1.165) is 19.3 Å². The summed E-state index contributed by atoms with van der Waals surface area (Å²) in [5.41, 5.74) is 0.681. The summed E-state index contributed by atoms with van der Waals surface area (Å²) in [5.74, 6) is 0.117. The fraction of sp³-hybridized carbons (Fsp3) is 0.926. The maximum atomic E-state index is 11.5. The van der Waals surface area contributed by atoms with Crippen LogP contribution in [-0.4, -0.2) is 90.3 Å². The van der Waals surface area contributed by atoms with E-state index in [-0.39, 0.29) is 35.5 Å². The number of aliphatic hydroxyl groups is 3. The van der Waals surface area contributed by atoms with Gasteiger partial charge < -0.3 is 33.9 Å². The molecule has 0 radical (unpaired) electrons. The van der Waals surface area contributed by atoms with E-state index >= 15 is 0 Å². The Kier molecular flexibility index (Phi) is 8.76. The van der Waals surface area contributed by atoms with Crippen LogP contribution in [0.2, 0.25) is 0 Å². The minimum absolute atomic E-state index is 0.0734. The molecule has 5 aliphatic rings. The summed E-state index contributed by atoms with van der Waals surface area (Å²) in [6.45, 7) is 7.55. The van der Waals surface area contributed by atoms with Gasteiger partial charge in [0.1, 0.15) is 18.3 Å². The molecule has 4 aliphatic carbocycles. The number of hydrogen-bond acceptors (Lipinski definition) is 13. The number of aliphatic hydroxyl groups excluding tert-OH is 3. The Morgan fingerprint density at radius 1 is 1.00 bits per heavy atom. The summed E-state index contributed by atoms with van der Waals surface area (Å²) in [6, 6.07) is 0. The predicted octanol–water partition coefficient (Wildman–Crippen LogP) is 1.10. The summed E-state index contributed by atoms with van der Waals surface area (Å²) >= 11 is 0. The third-order valence-electron chi connectivity index (χ3n) is 11.2. The molecule has 3 N–H and O–H groups in total. The third-order valence-corrected chi connectivity index (χ3v) is 12.2. The van der Waals surface area contributed by atoms with Gasteiger partial charge in [0, 0.05) is 0 Å². The molecular weight excluding hydrogens is 596 g/mol. The quantitative estimate of drug-likeness (QED) is 0.203. The summed E-state index contributed by atoms with van der Waals surface area (Å²) in [4.78, 5) is 0. The zero-order valence-electron chi connectivity index (χ0n) is 24.2. The molecule has 242 valence electrons. The molecule has 0 bridgehead atoms. The van der Waals surface area contributed by atoms with Crippen LogP contribution in [0.3, 0.4) is 0 Å². The van der Waals surface area contributed by atoms with E-state index in [1.54, 1.807) is 0 Å². The van der Waals surface area contributed by atoms with Gasteiger partial charge in [-0.1, -0.05) is 25.5 Å². The molecule has 0 spiro atoms. The Bertz CT molecular complexity index is 1270. The Balaban J connectivity index is 1.46. The predicted molar refractivity (Wildman–Crippen MR) is 143 cm³/mol. The second-order valence-electron chi connectivity index (χ2n) is 13.5. The minimum atomic E-state index is -5.20. The Labute approximate surface area is 247 Å². The molecule has 14 atom stereocenters. The summed E-state index contributed by atoms with van der Waals surface area (Å²) in [7, 11) is -10.1. The van der Waals surface area contributed by atoms with Crippen LogP contribution in [0, 0.1) is 34.5 Å². The van der Waals surface area contributed by atoms with Gasteiger partial charge in [0.2, 0.25) is 20.8 Å². The van der Waals surface area contributed by atoms with Crippen molar-refractivity contribution in [2.24, 2.45) is 34.5 Å². The second-order valence-corrected chi connectivity index (χ2v) is 15.5. The van der Waals surface area contributed by atoms with Crippen molar-refractivity contribution < 1.29 is 59.1 Å². The van der Waals surface area contributed by atoms with Gasteiger partial charge in [-0.05, 0) is 93.3 Å².